The van der Waals surface area contributed by atoms with Gasteiger partial charge in [-0.05, 0) is 73.0 Å². The number of benzene rings is 3. The number of non-ortho nitro benzene ring substituents is 1. The van der Waals surface area contributed by atoms with E-state index in [2.05, 4.69) is 11.9 Å². The normalized spacial score (nSPS) is 10.7. The number of ether oxygens (including phenoxy) is 2. The van der Waals surface area contributed by atoms with E-state index in [1.54, 1.807) is 37.3 Å². The van der Waals surface area contributed by atoms with Crippen LogP contribution >= 0.6 is 0 Å². The molecule has 1 amide bonds. The van der Waals surface area contributed by atoms with Crippen molar-refractivity contribution in [1.29, 1.82) is 5.26 Å². The number of amides is 1. The molecule has 0 radical (unpaired) electrons. The van der Waals surface area contributed by atoms with Gasteiger partial charge in [-0.2, -0.15) is 5.26 Å². The molecule has 2 N–H and O–H groups in total. The molecule has 3 aromatic rings. The number of nitriles is 1. The van der Waals surface area contributed by atoms with Gasteiger partial charge < -0.3 is 19.9 Å². The van der Waals surface area contributed by atoms with Crippen LogP contribution in [0.15, 0.2) is 78.9 Å². The average molecular weight is 528 g/mol. The number of nitro groups is 1. The molecule has 0 heterocycles. The first-order valence-corrected chi connectivity index (χ1v) is 11.8. The van der Waals surface area contributed by atoms with E-state index >= 15 is 0 Å². The highest BCUT2D eigenvalue weighted by Gasteiger charge is 2.16. The number of hydrogen-bond acceptors (Lipinski definition) is 7. The maximum atomic E-state index is 12.8. The third-order valence-corrected chi connectivity index (χ3v) is 5.39. The Morgan fingerprint density at radius 2 is 1.90 bits per heavy atom. The number of carbonyl (C=O) groups excluding carboxylic acids is 1. The van der Waals surface area contributed by atoms with Gasteiger partial charge in [0.2, 0.25) is 0 Å². The van der Waals surface area contributed by atoms with Gasteiger partial charge in [-0.25, -0.2) is 4.79 Å². The first kappa shape index (κ1) is 28.1. The summed E-state index contributed by atoms with van der Waals surface area (Å²) < 4.78 is 11.8. The molecule has 0 aromatic heterocycles. The van der Waals surface area contributed by atoms with Crippen LogP contribution < -0.4 is 14.8 Å². The highest BCUT2D eigenvalue weighted by atomic mass is 16.6. The van der Waals surface area contributed by atoms with Gasteiger partial charge in [0.05, 0.1) is 17.1 Å². The molecular formula is C29H25N3O7. The second-order valence-corrected chi connectivity index (χ2v) is 8.16. The van der Waals surface area contributed by atoms with Gasteiger partial charge in [0, 0.05) is 23.4 Å². The van der Waals surface area contributed by atoms with E-state index < -0.39 is 16.8 Å². The Balaban J connectivity index is 1.90. The lowest BCUT2D eigenvalue weighted by Crippen LogP contribution is -2.14. The number of nitrogens with zero attached hydrogens (tertiary/aromatic N) is 2. The van der Waals surface area contributed by atoms with Gasteiger partial charge in [-0.1, -0.05) is 12.1 Å². The number of carboxylic acids is 1. The van der Waals surface area contributed by atoms with Crippen LogP contribution in [-0.4, -0.2) is 28.5 Å². The highest BCUT2D eigenvalue weighted by molar-refractivity contribution is 6.10. The van der Waals surface area contributed by atoms with E-state index in [9.17, 15) is 25.0 Å². The number of carboxylic acid groups (broad SMARTS) is 1. The van der Waals surface area contributed by atoms with Crippen molar-refractivity contribution in [2.75, 3.05) is 11.9 Å². The Morgan fingerprint density at radius 3 is 2.51 bits per heavy atom. The Kier molecular flexibility index (Phi) is 9.53. The van der Waals surface area contributed by atoms with Crippen molar-refractivity contribution in [3.63, 3.8) is 0 Å². The van der Waals surface area contributed by atoms with Gasteiger partial charge in [0.25, 0.3) is 11.6 Å². The number of nitrogens with one attached hydrogen (secondary N) is 1. The van der Waals surface area contributed by atoms with Crippen LogP contribution in [0.25, 0.3) is 6.08 Å². The number of rotatable bonds is 12. The molecule has 0 aliphatic rings. The summed E-state index contributed by atoms with van der Waals surface area (Å²) in [5.41, 5.74) is 1.91. The lowest BCUT2D eigenvalue weighted by Gasteiger charge is -2.17. The molecule has 10 heteroatoms. The van der Waals surface area contributed by atoms with Crippen molar-refractivity contribution in [3.05, 3.63) is 111 Å². The second-order valence-electron chi connectivity index (χ2n) is 8.16. The fourth-order valence-electron chi connectivity index (χ4n) is 3.61. The molecule has 39 heavy (non-hydrogen) atoms. The number of anilines is 1. The van der Waals surface area contributed by atoms with Crippen LogP contribution in [0, 0.1) is 21.4 Å². The third kappa shape index (κ3) is 7.53. The van der Waals surface area contributed by atoms with E-state index in [1.165, 1.54) is 42.5 Å². The number of allylic oxidation sites excluding steroid dienone is 1. The summed E-state index contributed by atoms with van der Waals surface area (Å²) in [5, 5.41) is 32.3. The Labute approximate surface area is 224 Å². The zero-order chi connectivity index (χ0) is 28.4. The largest absolute Gasteiger partial charge is 0.490 e. The van der Waals surface area contributed by atoms with Crippen molar-refractivity contribution in [1.82, 2.24) is 0 Å². The van der Waals surface area contributed by atoms with Gasteiger partial charge in [-0.3, -0.25) is 14.9 Å². The molecule has 0 aliphatic carbocycles. The standard InChI is InChI=1S/C29H25N3O7/c1-3-6-21-13-20(14-23(17-30)28(33)31-24-8-5-7-22(16-24)29(34)35)15-26(38-4-2)27(21)39-18-19-9-11-25(12-10-19)32(36)37/h3,5,7-16H,1,4,6,18H2,2H3,(H,31,33)(H,34,35)/b23-14-. The zero-order valence-electron chi connectivity index (χ0n) is 21.0. The summed E-state index contributed by atoms with van der Waals surface area (Å²) in [4.78, 5) is 34.4. The predicted octanol–water partition coefficient (Wildman–Crippen LogP) is 5.54. The molecule has 0 saturated carbocycles. The monoisotopic (exact) mass is 527 g/mol. The molecule has 10 nitrogen and oxygen atoms in total. The molecule has 3 aromatic carbocycles. The smallest absolute Gasteiger partial charge is 0.335 e. The van der Waals surface area contributed by atoms with Crippen molar-refractivity contribution < 1.29 is 29.1 Å². The molecule has 0 saturated heterocycles. The Hall–Kier alpha value is -5.43. The number of carbonyl (C=O) groups is 2. The number of nitro benzene ring substituents is 1. The van der Waals surface area contributed by atoms with E-state index in [0.29, 0.717) is 41.2 Å². The molecule has 0 unspecified atom stereocenters. The Morgan fingerprint density at radius 1 is 1.15 bits per heavy atom. The van der Waals surface area contributed by atoms with Crippen LogP contribution in [0.4, 0.5) is 11.4 Å². The minimum absolute atomic E-state index is 0.00461. The first-order chi connectivity index (χ1) is 18.7. The van der Waals surface area contributed by atoms with Crippen LogP contribution in [0.2, 0.25) is 0 Å². The molecule has 198 valence electrons. The highest BCUT2D eigenvalue weighted by Crippen LogP contribution is 2.35. The van der Waals surface area contributed by atoms with Crippen molar-refractivity contribution >= 4 is 29.3 Å². The van der Waals surface area contributed by atoms with E-state index in [4.69, 9.17) is 14.6 Å². The molecule has 0 spiro atoms. The lowest BCUT2D eigenvalue weighted by atomic mass is 10.0. The van der Waals surface area contributed by atoms with E-state index in [-0.39, 0.29) is 29.1 Å². The quantitative estimate of drug-likeness (QED) is 0.102. The van der Waals surface area contributed by atoms with Crippen LogP contribution in [0.3, 0.4) is 0 Å². The van der Waals surface area contributed by atoms with Crippen LogP contribution in [0.1, 0.15) is 34.0 Å². The van der Waals surface area contributed by atoms with Gasteiger partial charge in [0.1, 0.15) is 18.2 Å². The SMILES string of the molecule is C=CCc1cc(/C=C(/C#N)C(=O)Nc2cccc(C(=O)O)c2)cc(OCC)c1OCc1ccc([N+](=O)[O-])cc1. The number of hydrogen-bond donors (Lipinski definition) is 2. The third-order valence-electron chi connectivity index (χ3n) is 5.39. The lowest BCUT2D eigenvalue weighted by molar-refractivity contribution is -0.384. The van der Waals surface area contributed by atoms with Crippen molar-refractivity contribution in [2.24, 2.45) is 0 Å². The summed E-state index contributed by atoms with van der Waals surface area (Å²) >= 11 is 0. The summed E-state index contributed by atoms with van der Waals surface area (Å²) in [7, 11) is 0. The fraction of sp³-hybridized carbons (Fsp3) is 0.138. The number of aromatic carboxylic acids is 1. The molecule has 0 bridgehead atoms. The van der Waals surface area contributed by atoms with Gasteiger partial charge in [-0.15, -0.1) is 6.58 Å². The fourth-order valence-corrected chi connectivity index (χ4v) is 3.61. The maximum absolute atomic E-state index is 12.8. The topological polar surface area (TPSA) is 152 Å². The summed E-state index contributed by atoms with van der Waals surface area (Å²) in [5.74, 6) is -1.02. The maximum Gasteiger partial charge on any atom is 0.335 e. The van der Waals surface area contributed by atoms with Gasteiger partial charge >= 0.3 is 5.97 Å². The minimum Gasteiger partial charge on any atom is -0.490 e. The van der Waals surface area contributed by atoms with E-state index in [0.717, 1.165) is 0 Å². The Bertz CT molecular complexity index is 1470. The van der Waals surface area contributed by atoms with Gasteiger partial charge in [0.15, 0.2) is 11.5 Å². The van der Waals surface area contributed by atoms with Crippen molar-refractivity contribution in [3.8, 4) is 17.6 Å². The van der Waals surface area contributed by atoms with E-state index in [1.807, 2.05) is 6.07 Å². The average Bonchev–Trinajstić information content (AvgIpc) is 2.92. The van der Waals surface area contributed by atoms with Crippen LogP contribution in [0.5, 0.6) is 11.5 Å². The zero-order valence-corrected chi connectivity index (χ0v) is 21.0. The summed E-state index contributed by atoms with van der Waals surface area (Å²) in [6.07, 6.45) is 3.46. The molecule has 0 aliphatic heterocycles. The summed E-state index contributed by atoms with van der Waals surface area (Å²) in [6, 6.07) is 16.9. The molecule has 3 rings (SSSR count). The molecule has 0 fully saturated rings. The minimum atomic E-state index is -1.14. The first-order valence-electron chi connectivity index (χ1n) is 11.8. The second kappa shape index (κ2) is 13.2. The molecule has 0 atom stereocenters. The van der Waals surface area contributed by atoms with Crippen LogP contribution in [-0.2, 0) is 17.8 Å². The molecular weight excluding hydrogens is 502 g/mol. The summed E-state index contributed by atoms with van der Waals surface area (Å²) in [6.45, 7) is 6.03. The van der Waals surface area contributed by atoms with Crippen molar-refractivity contribution in [2.45, 2.75) is 20.0 Å². The predicted molar refractivity (Wildman–Crippen MR) is 145 cm³/mol.